The summed E-state index contributed by atoms with van der Waals surface area (Å²) < 4.78 is 10.5. The first-order valence-corrected chi connectivity index (χ1v) is 6.58. The van der Waals surface area contributed by atoms with Crippen molar-refractivity contribution < 1.29 is 8.83 Å². The van der Waals surface area contributed by atoms with E-state index in [1.165, 1.54) is 0 Å². The molecule has 1 atom stereocenters. The molecular weight excluding hydrogens is 256 g/mol. The minimum absolute atomic E-state index is 0.0158. The fourth-order valence-corrected chi connectivity index (χ4v) is 2.39. The first-order valence-electron chi connectivity index (χ1n) is 6.58. The lowest BCUT2D eigenvalue weighted by atomic mass is 10.0. The number of furan rings is 1. The summed E-state index contributed by atoms with van der Waals surface area (Å²) in [5, 5.41) is 3.41. The Balaban J connectivity index is 2.06. The van der Waals surface area contributed by atoms with Crippen molar-refractivity contribution in [3.05, 3.63) is 58.0 Å². The smallest absolute Gasteiger partial charge is 0.417 e. The van der Waals surface area contributed by atoms with Crippen LogP contribution in [0.25, 0.3) is 11.1 Å². The zero-order valence-electron chi connectivity index (χ0n) is 11.4. The van der Waals surface area contributed by atoms with Gasteiger partial charge in [-0.25, -0.2) is 4.79 Å². The van der Waals surface area contributed by atoms with E-state index in [4.69, 9.17) is 8.83 Å². The van der Waals surface area contributed by atoms with Crippen LogP contribution in [-0.4, -0.2) is 11.5 Å². The molecule has 3 rings (SSSR count). The molecule has 0 aliphatic rings. The SMILES string of the molecule is CCNC(c1coc(C)c1)c1ccc2[nH]c(=O)oc2c1. The molecule has 0 amide bonds. The summed E-state index contributed by atoms with van der Waals surface area (Å²) in [4.78, 5) is 13.9. The number of fused-ring (bicyclic) bond motifs is 1. The number of hydrogen-bond donors (Lipinski definition) is 2. The molecule has 20 heavy (non-hydrogen) atoms. The van der Waals surface area contributed by atoms with Crippen LogP contribution < -0.4 is 11.1 Å². The molecule has 2 heterocycles. The van der Waals surface area contributed by atoms with Gasteiger partial charge in [0.1, 0.15) is 5.76 Å². The van der Waals surface area contributed by atoms with Gasteiger partial charge in [-0.15, -0.1) is 0 Å². The van der Waals surface area contributed by atoms with Crippen molar-refractivity contribution in [3.8, 4) is 0 Å². The second-order valence-electron chi connectivity index (χ2n) is 4.75. The van der Waals surface area contributed by atoms with Crippen molar-refractivity contribution >= 4 is 11.1 Å². The predicted octanol–water partition coefficient (Wildman–Crippen LogP) is 2.72. The first kappa shape index (κ1) is 12.7. The van der Waals surface area contributed by atoms with Gasteiger partial charge in [0.25, 0.3) is 0 Å². The van der Waals surface area contributed by atoms with Crippen LogP contribution >= 0.6 is 0 Å². The van der Waals surface area contributed by atoms with E-state index in [1.807, 2.05) is 31.2 Å². The zero-order chi connectivity index (χ0) is 14.1. The summed E-state index contributed by atoms with van der Waals surface area (Å²) >= 11 is 0. The van der Waals surface area contributed by atoms with E-state index in [0.717, 1.165) is 23.4 Å². The average Bonchev–Trinajstić information content (AvgIpc) is 3.00. The number of benzene rings is 1. The van der Waals surface area contributed by atoms with E-state index in [0.29, 0.717) is 11.1 Å². The van der Waals surface area contributed by atoms with Gasteiger partial charge in [-0.1, -0.05) is 13.0 Å². The molecule has 0 fully saturated rings. The van der Waals surface area contributed by atoms with Crippen molar-refractivity contribution in [3.63, 3.8) is 0 Å². The molecule has 0 radical (unpaired) electrons. The van der Waals surface area contributed by atoms with Crippen molar-refractivity contribution in [1.29, 1.82) is 0 Å². The van der Waals surface area contributed by atoms with Gasteiger partial charge in [0.15, 0.2) is 5.58 Å². The highest BCUT2D eigenvalue weighted by Gasteiger charge is 2.16. The maximum atomic E-state index is 11.2. The topological polar surface area (TPSA) is 71.2 Å². The summed E-state index contributed by atoms with van der Waals surface area (Å²) in [7, 11) is 0. The van der Waals surface area contributed by atoms with E-state index in [1.54, 1.807) is 6.26 Å². The summed E-state index contributed by atoms with van der Waals surface area (Å²) in [6.07, 6.45) is 1.75. The summed E-state index contributed by atoms with van der Waals surface area (Å²) in [6.45, 7) is 4.79. The Morgan fingerprint density at radius 2 is 2.15 bits per heavy atom. The van der Waals surface area contributed by atoms with E-state index in [-0.39, 0.29) is 6.04 Å². The second kappa shape index (κ2) is 5.02. The number of aromatic nitrogens is 1. The van der Waals surface area contributed by atoms with Crippen LogP contribution in [0.3, 0.4) is 0 Å². The van der Waals surface area contributed by atoms with E-state index >= 15 is 0 Å². The largest absolute Gasteiger partial charge is 0.469 e. The Bertz CT molecular complexity index is 782. The van der Waals surface area contributed by atoms with Crippen LogP contribution in [-0.2, 0) is 0 Å². The van der Waals surface area contributed by atoms with E-state index in [9.17, 15) is 4.79 Å². The summed E-state index contributed by atoms with van der Waals surface area (Å²) in [5.74, 6) is 0.438. The van der Waals surface area contributed by atoms with Crippen molar-refractivity contribution in [2.24, 2.45) is 0 Å². The highest BCUT2D eigenvalue weighted by atomic mass is 16.4. The third kappa shape index (κ3) is 2.28. The number of hydrogen-bond acceptors (Lipinski definition) is 4. The molecule has 0 bridgehead atoms. The Labute approximate surface area is 115 Å². The average molecular weight is 272 g/mol. The molecular formula is C15H16N2O3. The molecule has 0 aliphatic heterocycles. The van der Waals surface area contributed by atoms with Gasteiger partial charge in [0.05, 0.1) is 17.8 Å². The molecule has 5 nitrogen and oxygen atoms in total. The van der Waals surface area contributed by atoms with Gasteiger partial charge in [-0.2, -0.15) is 0 Å². The monoisotopic (exact) mass is 272 g/mol. The summed E-state index contributed by atoms with van der Waals surface area (Å²) in [6, 6.07) is 7.73. The van der Waals surface area contributed by atoms with Gasteiger partial charge in [0, 0.05) is 5.56 Å². The molecule has 0 aliphatic carbocycles. The first-order chi connectivity index (χ1) is 9.67. The molecule has 3 aromatic rings. The lowest BCUT2D eigenvalue weighted by Crippen LogP contribution is -2.21. The van der Waals surface area contributed by atoms with Crippen LogP contribution in [0.15, 0.2) is 44.2 Å². The zero-order valence-corrected chi connectivity index (χ0v) is 11.4. The standard InChI is InChI=1S/C15H16N2O3/c1-3-16-14(11-6-9(2)19-8-11)10-4-5-12-13(7-10)20-15(18)17-12/h4-8,14,16H,3H2,1-2H3,(H,17,18). The molecule has 2 N–H and O–H groups in total. The lowest BCUT2D eigenvalue weighted by molar-refractivity contribution is 0.525. The minimum Gasteiger partial charge on any atom is -0.469 e. The number of aromatic amines is 1. The lowest BCUT2D eigenvalue weighted by Gasteiger charge is -2.16. The molecule has 0 saturated carbocycles. The van der Waals surface area contributed by atoms with Gasteiger partial charge in [-0.3, -0.25) is 4.98 Å². The molecule has 0 saturated heterocycles. The second-order valence-corrected chi connectivity index (χ2v) is 4.75. The van der Waals surface area contributed by atoms with Crippen molar-refractivity contribution in [2.75, 3.05) is 6.54 Å². The highest BCUT2D eigenvalue weighted by molar-refractivity contribution is 5.73. The minimum atomic E-state index is -0.434. The maximum Gasteiger partial charge on any atom is 0.417 e. The van der Waals surface area contributed by atoms with Crippen LogP contribution in [0.1, 0.15) is 29.9 Å². The molecule has 5 heteroatoms. The van der Waals surface area contributed by atoms with E-state index in [2.05, 4.69) is 17.2 Å². The third-order valence-electron chi connectivity index (χ3n) is 3.27. The van der Waals surface area contributed by atoms with Crippen LogP contribution in [0.2, 0.25) is 0 Å². The van der Waals surface area contributed by atoms with Gasteiger partial charge in [0.2, 0.25) is 0 Å². The Kier molecular flexibility index (Phi) is 3.20. The normalized spacial score (nSPS) is 12.9. The Morgan fingerprint density at radius 1 is 1.30 bits per heavy atom. The molecule has 104 valence electrons. The number of H-pyrrole nitrogens is 1. The van der Waals surface area contributed by atoms with Crippen LogP contribution in [0.4, 0.5) is 0 Å². The fourth-order valence-electron chi connectivity index (χ4n) is 2.39. The maximum absolute atomic E-state index is 11.2. The number of rotatable bonds is 4. The quantitative estimate of drug-likeness (QED) is 0.766. The van der Waals surface area contributed by atoms with Crippen LogP contribution in [0, 0.1) is 6.92 Å². The number of aryl methyl sites for hydroxylation is 1. The predicted molar refractivity (Wildman–Crippen MR) is 75.8 cm³/mol. The highest BCUT2D eigenvalue weighted by Crippen LogP contribution is 2.26. The number of oxazole rings is 1. The molecule has 1 aromatic carbocycles. The summed E-state index contributed by atoms with van der Waals surface area (Å²) in [5.41, 5.74) is 3.36. The molecule has 0 spiro atoms. The van der Waals surface area contributed by atoms with Crippen LogP contribution in [0.5, 0.6) is 0 Å². The van der Waals surface area contributed by atoms with Gasteiger partial charge >= 0.3 is 5.76 Å². The Morgan fingerprint density at radius 3 is 2.85 bits per heavy atom. The van der Waals surface area contributed by atoms with Crippen molar-refractivity contribution in [1.82, 2.24) is 10.3 Å². The van der Waals surface area contributed by atoms with Crippen molar-refractivity contribution in [2.45, 2.75) is 19.9 Å². The number of nitrogens with one attached hydrogen (secondary N) is 2. The third-order valence-corrected chi connectivity index (χ3v) is 3.27. The molecule has 2 aromatic heterocycles. The van der Waals surface area contributed by atoms with Gasteiger partial charge in [-0.05, 0) is 37.2 Å². The van der Waals surface area contributed by atoms with Gasteiger partial charge < -0.3 is 14.2 Å². The Hall–Kier alpha value is -2.27. The fraction of sp³-hybridized carbons (Fsp3) is 0.267. The molecule has 1 unspecified atom stereocenters. The van der Waals surface area contributed by atoms with E-state index < -0.39 is 5.76 Å².